The van der Waals surface area contributed by atoms with Gasteiger partial charge in [0.05, 0.1) is 0 Å². The summed E-state index contributed by atoms with van der Waals surface area (Å²) in [6, 6.07) is 17.4. The van der Waals surface area contributed by atoms with Crippen LogP contribution in [0.3, 0.4) is 0 Å². The Kier molecular flexibility index (Phi) is 8.35. The van der Waals surface area contributed by atoms with Crippen LogP contribution in [0, 0.1) is 21.0 Å². The summed E-state index contributed by atoms with van der Waals surface area (Å²) in [5, 5.41) is 0. The molecule has 7 nitrogen and oxygen atoms in total. The normalized spacial score (nSPS) is 11.5. The van der Waals surface area contributed by atoms with Gasteiger partial charge in [-0.05, 0) is 26.0 Å². The monoisotopic (exact) mass is 638 g/mol. The first kappa shape index (κ1) is 21.6. The standard InChI is InChI=1S/C14H14I.H3O4P.3O.W/c1-11-7-3-5-9-13(11)15-14-10-6-4-8-12(14)2;1-5(2,3)4;;;;/h3-10H,1-2H3;(H3,1,2,3,4);;;;/q+1;;;;-1;+1/p-1. The van der Waals surface area contributed by atoms with Gasteiger partial charge in [0.15, 0.2) is 7.14 Å². The summed E-state index contributed by atoms with van der Waals surface area (Å²) in [6.45, 7) is 4.40. The third-order valence-electron chi connectivity index (χ3n) is 2.55. The van der Waals surface area contributed by atoms with Crippen molar-refractivity contribution in [3.05, 3.63) is 66.8 Å². The molecule has 0 aliphatic rings. The quantitative estimate of drug-likeness (QED) is 0.311. The van der Waals surface area contributed by atoms with Crippen LogP contribution in [0.4, 0.5) is 0 Å². The molecule has 0 fully saturated rings. The van der Waals surface area contributed by atoms with Gasteiger partial charge >= 0.3 is 73.9 Å². The van der Waals surface area contributed by atoms with Crippen molar-refractivity contribution in [2.24, 2.45) is 0 Å². The number of rotatable bonds is 4. The zero-order chi connectivity index (χ0) is 18.4. The average molecular weight is 638 g/mol. The van der Waals surface area contributed by atoms with E-state index in [0.29, 0.717) is 0 Å². The molecule has 0 amide bonds. The van der Waals surface area contributed by atoms with Gasteiger partial charge < -0.3 is 0 Å². The van der Waals surface area contributed by atoms with Gasteiger partial charge in [0.1, 0.15) is 0 Å². The van der Waals surface area contributed by atoms with Crippen molar-refractivity contribution in [3.8, 4) is 0 Å². The molecule has 0 spiro atoms. The Morgan fingerprint density at radius 2 is 1.33 bits per heavy atom. The Balaban J connectivity index is 0.000000277. The Labute approximate surface area is 153 Å². The Morgan fingerprint density at radius 1 is 0.958 bits per heavy atom. The van der Waals surface area contributed by atoms with Gasteiger partial charge in [-0.2, -0.15) is 0 Å². The van der Waals surface area contributed by atoms with Crippen LogP contribution in [0.15, 0.2) is 48.5 Å². The molecule has 0 aromatic heterocycles. The van der Waals surface area contributed by atoms with Crippen molar-refractivity contribution in [3.63, 3.8) is 0 Å². The fourth-order valence-electron chi connectivity index (χ4n) is 1.54. The fourth-order valence-corrected chi connectivity index (χ4v) is 6.96. The molecule has 0 radical (unpaired) electrons. The summed E-state index contributed by atoms with van der Waals surface area (Å²) in [6.07, 6.45) is 0. The van der Waals surface area contributed by atoms with E-state index in [2.05, 4.69) is 65.6 Å². The zero-order valence-corrected chi connectivity index (χ0v) is 18.8. The first-order chi connectivity index (χ1) is 11.0. The number of benzene rings is 2. The molecule has 2 N–H and O–H groups in total. The van der Waals surface area contributed by atoms with E-state index in [9.17, 15) is 15.1 Å². The van der Waals surface area contributed by atoms with E-state index in [1.54, 1.807) is 0 Å². The molecule has 10 heteroatoms. The third kappa shape index (κ3) is 9.13. The predicted molar refractivity (Wildman–Crippen MR) is 74.3 cm³/mol. The topological polar surface area (TPSA) is 124 Å². The van der Waals surface area contributed by atoms with Crippen LogP contribution in [0.2, 0.25) is 0 Å². The van der Waals surface area contributed by atoms with E-state index in [0.717, 1.165) is 0 Å². The average Bonchev–Trinajstić information content (AvgIpc) is 2.40. The summed E-state index contributed by atoms with van der Waals surface area (Å²) in [5.41, 5.74) is 2.85. The SMILES string of the molecule is Cc1ccccc1[I+]c1ccccc1C.O=P(O)(O)[O][W](=[O])(=[O])[O-]. The zero-order valence-electron chi connectivity index (χ0n) is 12.8. The molecular weight excluding hydrogens is 622 g/mol. The molecule has 0 heterocycles. The van der Waals surface area contributed by atoms with Crippen molar-refractivity contribution in [1.82, 2.24) is 0 Å². The van der Waals surface area contributed by atoms with Crippen molar-refractivity contribution in [1.29, 1.82) is 0 Å². The molecule has 0 saturated carbocycles. The molecule has 0 unspecified atom stereocenters. The Bertz CT molecular complexity index is 789. The second-order valence-corrected chi connectivity index (χ2v) is 13.1. The van der Waals surface area contributed by atoms with Crippen molar-refractivity contribution >= 4 is 7.82 Å². The summed E-state index contributed by atoms with van der Waals surface area (Å²) in [5.74, 6) is 0. The Morgan fingerprint density at radius 3 is 1.58 bits per heavy atom. The van der Waals surface area contributed by atoms with Crippen molar-refractivity contribution in [2.45, 2.75) is 13.8 Å². The van der Waals surface area contributed by atoms with Crippen LogP contribution < -0.4 is 25.0 Å². The molecular formula is C14H16IO7PW. The van der Waals surface area contributed by atoms with E-state index < -0.39 is 24.6 Å². The number of hydrogen-bond acceptors (Lipinski definition) is 5. The number of hydrogen-bond donors (Lipinski definition) is 2. The first-order valence-electron chi connectivity index (χ1n) is 6.46. The van der Waals surface area contributed by atoms with Crippen LogP contribution in [0.1, 0.15) is 11.1 Å². The van der Waals surface area contributed by atoms with E-state index in [4.69, 9.17) is 9.79 Å². The molecule has 2 aromatic rings. The van der Waals surface area contributed by atoms with Gasteiger partial charge in [-0.3, -0.25) is 0 Å². The second-order valence-electron chi connectivity index (χ2n) is 4.57. The predicted octanol–water partition coefficient (Wildman–Crippen LogP) is -1.44. The first-order valence-corrected chi connectivity index (χ1v) is 14.9. The van der Waals surface area contributed by atoms with Crippen LogP contribution in [-0.4, -0.2) is 9.79 Å². The van der Waals surface area contributed by atoms with Gasteiger partial charge in [-0.15, -0.1) is 0 Å². The van der Waals surface area contributed by atoms with E-state index in [1.807, 2.05) is 0 Å². The molecule has 132 valence electrons. The van der Waals surface area contributed by atoms with E-state index >= 15 is 0 Å². The van der Waals surface area contributed by atoms with Gasteiger partial charge in [0.25, 0.3) is 0 Å². The number of phosphoric acid groups is 1. The molecule has 0 aliphatic carbocycles. The summed E-state index contributed by atoms with van der Waals surface area (Å²) >= 11 is -6.46. The third-order valence-corrected chi connectivity index (χ3v) is 10.6. The number of halogens is 1. The van der Waals surface area contributed by atoms with Crippen LogP contribution in [-0.2, 0) is 31.3 Å². The van der Waals surface area contributed by atoms with Crippen LogP contribution >= 0.6 is 7.82 Å². The maximum atomic E-state index is 9.57. The number of aryl methyl sites for hydroxylation is 2. The fraction of sp³-hybridized carbons (Fsp3) is 0.143. The van der Waals surface area contributed by atoms with E-state index in [1.165, 1.54) is 18.3 Å². The minimum atomic E-state index is -6.44. The van der Waals surface area contributed by atoms with Crippen LogP contribution in [0.25, 0.3) is 0 Å². The maximum absolute atomic E-state index is 9.57. The molecule has 2 rings (SSSR count). The van der Waals surface area contributed by atoms with Crippen molar-refractivity contribution < 1.29 is 66.0 Å². The molecule has 0 aliphatic heterocycles. The molecule has 24 heavy (non-hydrogen) atoms. The molecule has 2 aromatic carbocycles. The summed E-state index contributed by atoms with van der Waals surface area (Å²) in [7, 11) is -5.13. The minimum absolute atomic E-state index is 0.0147. The second kappa shape index (κ2) is 9.29. The molecule has 0 atom stereocenters. The van der Waals surface area contributed by atoms with Crippen molar-refractivity contribution in [2.75, 3.05) is 0 Å². The molecule has 0 bridgehead atoms. The summed E-state index contributed by atoms with van der Waals surface area (Å²) in [4.78, 5) is 15.4. The van der Waals surface area contributed by atoms with Gasteiger partial charge in [-0.1, -0.05) is 36.4 Å². The Hall–Kier alpha value is -0.472. The van der Waals surface area contributed by atoms with Gasteiger partial charge in [0.2, 0.25) is 0 Å². The molecule has 0 saturated heterocycles. The van der Waals surface area contributed by atoms with Crippen LogP contribution in [0.5, 0.6) is 0 Å². The van der Waals surface area contributed by atoms with Gasteiger partial charge in [-0.25, -0.2) is 0 Å². The summed E-state index contributed by atoms with van der Waals surface area (Å²) < 4.78 is 44.0. The van der Waals surface area contributed by atoms with Gasteiger partial charge in [0, 0.05) is 11.1 Å². The van der Waals surface area contributed by atoms with E-state index in [-0.39, 0.29) is 21.2 Å².